The number of aliphatic hydroxyl groups is 1. The molecule has 0 saturated carbocycles. The second-order valence-corrected chi connectivity index (χ2v) is 8.22. The summed E-state index contributed by atoms with van der Waals surface area (Å²) in [4.78, 5) is 27.5. The summed E-state index contributed by atoms with van der Waals surface area (Å²) in [6.07, 6.45) is 0.144. The molecule has 0 aliphatic carbocycles. The quantitative estimate of drug-likeness (QED) is 0.644. The third kappa shape index (κ3) is 5.06. The molecular formula is C24H26F2N2O6. The Labute approximate surface area is 195 Å². The summed E-state index contributed by atoms with van der Waals surface area (Å²) in [5.41, 5.74) is 0.885. The van der Waals surface area contributed by atoms with Gasteiger partial charge >= 0.3 is 6.09 Å². The number of rotatable bonds is 6. The number of hydrogen-bond acceptors (Lipinski definition) is 6. The van der Waals surface area contributed by atoms with Crippen molar-refractivity contribution in [1.29, 1.82) is 0 Å². The maximum Gasteiger partial charge on any atom is 0.412 e. The third-order valence-electron chi connectivity index (χ3n) is 6.04. The lowest BCUT2D eigenvalue weighted by atomic mass is 9.98. The second-order valence-electron chi connectivity index (χ2n) is 8.22. The lowest BCUT2D eigenvalue weighted by Crippen LogP contribution is -2.40. The van der Waals surface area contributed by atoms with Crippen LogP contribution in [0, 0.1) is 11.6 Å². The number of hydrogen-bond donors (Lipinski definition) is 1. The average Bonchev–Trinajstić information content (AvgIpc) is 2.84. The van der Waals surface area contributed by atoms with Crippen LogP contribution in [0.1, 0.15) is 30.4 Å². The first-order chi connectivity index (χ1) is 16.4. The zero-order valence-corrected chi connectivity index (χ0v) is 18.8. The van der Waals surface area contributed by atoms with Crippen molar-refractivity contribution < 1.29 is 37.7 Å². The van der Waals surface area contributed by atoms with Gasteiger partial charge in [-0.2, -0.15) is 0 Å². The zero-order chi connectivity index (χ0) is 24.2. The minimum absolute atomic E-state index is 0.0167. The molecule has 0 unspecified atom stereocenters. The molecule has 34 heavy (non-hydrogen) atoms. The Balaban J connectivity index is 1.50. The van der Waals surface area contributed by atoms with E-state index >= 15 is 0 Å². The fraction of sp³-hybridized carbons (Fsp3) is 0.417. The molecule has 2 aromatic rings. The lowest BCUT2D eigenvalue weighted by Gasteiger charge is -2.31. The topological polar surface area (TPSA) is 88.5 Å². The first kappa shape index (κ1) is 23.7. The van der Waals surface area contributed by atoms with Crippen LogP contribution in [0.4, 0.5) is 19.3 Å². The number of ether oxygens (including phenoxy) is 3. The average molecular weight is 476 g/mol. The summed E-state index contributed by atoms with van der Waals surface area (Å²) in [6, 6.07) is 7.83. The maximum absolute atomic E-state index is 14.9. The molecule has 10 heteroatoms. The number of anilines is 1. The largest absolute Gasteiger partial charge is 0.497 e. The smallest absolute Gasteiger partial charge is 0.412 e. The number of likely N-dealkylation sites (tertiary alicyclic amines) is 1. The highest BCUT2D eigenvalue weighted by atomic mass is 19.2. The number of aliphatic hydroxyl groups excluding tert-OH is 1. The second kappa shape index (κ2) is 10.3. The minimum atomic E-state index is -1.17. The van der Waals surface area contributed by atoms with Crippen molar-refractivity contribution in [2.24, 2.45) is 0 Å². The van der Waals surface area contributed by atoms with Gasteiger partial charge in [-0.05, 0) is 37.0 Å². The van der Waals surface area contributed by atoms with Gasteiger partial charge < -0.3 is 29.1 Å². The number of methoxy groups -OCH3 is 1. The zero-order valence-electron chi connectivity index (χ0n) is 18.8. The van der Waals surface area contributed by atoms with Crippen LogP contribution in [-0.2, 0) is 22.5 Å². The predicted molar refractivity (Wildman–Crippen MR) is 118 cm³/mol. The van der Waals surface area contributed by atoms with Crippen LogP contribution in [0.25, 0.3) is 0 Å². The van der Waals surface area contributed by atoms with E-state index in [9.17, 15) is 23.5 Å². The van der Waals surface area contributed by atoms with E-state index in [0.717, 1.165) is 6.07 Å². The molecule has 8 nitrogen and oxygen atoms in total. The van der Waals surface area contributed by atoms with Crippen LogP contribution in [0.2, 0.25) is 0 Å². The number of fused-ring (bicyclic) bond motifs is 1. The molecule has 1 N–H and O–H groups in total. The van der Waals surface area contributed by atoms with Crippen molar-refractivity contribution in [2.45, 2.75) is 38.3 Å². The molecule has 1 saturated heterocycles. The fourth-order valence-corrected chi connectivity index (χ4v) is 4.14. The molecule has 182 valence electrons. The van der Waals surface area contributed by atoms with Crippen molar-refractivity contribution in [3.05, 3.63) is 53.1 Å². The highest BCUT2D eigenvalue weighted by molar-refractivity contribution is 5.97. The number of benzene rings is 2. The molecule has 0 radical (unpaired) electrons. The van der Waals surface area contributed by atoms with E-state index < -0.39 is 30.6 Å². The predicted octanol–water partition coefficient (Wildman–Crippen LogP) is 3.38. The van der Waals surface area contributed by atoms with Gasteiger partial charge in [-0.3, -0.25) is 4.79 Å². The number of carbonyl (C=O) groups is 2. The Bertz CT molecular complexity index is 1050. The molecule has 0 bridgehead atoms. The van der Waals surface area contributed by atoms with Crippen molar-refractivity contribution in [3.8, 4) is 11.5 Å². The van der Waals surface area contributed by atoms with E-state index in [4.69, 9.17) is 14.2 Å². The molecule has 2 aliphatic heterocycles. The van der Waals surface area contributed by atoms with Crippen molar-refractivity contribution in [2.75, 3.05) is 31.9 Å². The van der Waals surface area contributed by atoms with Crippen LogP contribution >= 0.6 is 0 Å². The molecule has 0 aromatic heterocycles. The van der Waals surface area contributed by atoms with Crippen molar-refractivity contribution in [1.82, 2.24) is 4.90 Å². The van der Waals surface area contributed by atoms with E-state index in [0.29, 0.717) is 42.8 Å². The number of piperidine rings is 1. The molecule has 1 fully saturated rings. The monoisotopic (exact) mass is 476 g/mol. The third-order valence-corrected chi connectivity index (χ3v) is 6.04. The van der Waals surface area contributed by atoms with Crippen molar-refractivity contribution >= 4 is 17.7 Å². The van der Waals surface area contributed by atoms with Gasteiger partial charge in [-0.15, -0.1) is 0 Å². The van der Waals surface area contributed by atoms with E-state index in [2.05, 4.69) is 0 Å². The Kier molecular flexibility index (Phi) is 7.16. The number of amides is 2. The van der Waals surface area contributed by atoms with Crippen molar-refractivity contribution in [3.63, 3.8) is 0 Å². The van der Waals surface area contributed by atoms with Gasteiger partial charge in [0, 0.05) is 31.1 Å². The van der Waals surface area contributed by atoms with Gasteiger partial charge in [-0.25, -0.2) is 13.6 Å². The summed E-state index contributed by atoms with van der Waals surface area (Å²) in [5, 5.41) is 9.55. The van der Waals surface area contributed by atoms with Gasteiger partial charge in [0.25, 0.3) is 0 Å². The van der Waals surface area contributed by atoms with Gasteiger partial charge in [-0.1, -0.05) is 12.1 Å². The minimum Gasteiger partial charge on any atom is -0.497 e. The molecule has 2 aliphatic rings. The van der Waals surface area contributed by atoms with Gasteiger partial charge in [0.1, 0.15) is 11.5 Å². The van der Waals surface area contributed by atoms with Gasteiger partial charge in [0.2, 0.25) is 12.7 Å². The van der Waals surface area contributed by atoms with Crippen LogP contribution in [-0.4, -0.2) is 55.1 Å². The highest BCUT2D eigenvalue weighted by Crippen LogP contribution is 2.39. The summed E-state index contributed by atoms with van der Waals surface area (Å²) in [7, 11) is 1.54. The van der Waals surface area contributed by atoms with Crippen LogP contribution < -0.4 is 14.4 Å². The molecule has 2 heterocycles. The maximum atomic E-state index is 14.9. The van der Waals surface area contributed by atoms with E-state index in [1.54, 1.807) is 24.3 Å². The fourth-order valence-electron chi connectivity index (χ4n) is 4.14. The first-order valence-electron chi connectivity index (χ1n) is 11.0. The van der Waals surface area contributed by atoms with E-state index in [1.807, 2.05) is 0 Å². The van der Waals surface area contributed by atoms with Gasteiger partial charge in [0.15, 0.2) is 11.6 Å². The Morgan fingerprint density at radius 2 is 1.85 bits per heavy atom. The van der Waals surface area contributed by atoms with Crippen LogP contribution in [0.3, 0.4) is 0 Å². The SMILES string of the molecule is COc1ccc(CN2C(=O)CCc3c(OCOC(=O)N4CCC(O)CC4)cc(F)c(F)c32)cc1. The number of halogens is 2. The Morgan fingerprint density at radius 3 is 2.53 bits per heavy atom. The lowest BCUT2D eigenvalue weighted by molar-refractivity contribution is -0.119. The van der Waals surface area contributed by atoms with Gasteiger partial charge in [0.05, 0.1) is 25.4 Å². The van der Waals surface area contributed by atoms with Crippen LogP contribution in [0.5, 0.6) is 11.5 Å². The first-order valence-corrected chi connectivity index (χ1v) is 11.0. The molecular weight excluding hydrogens is 450 g/mol. The summed E-state index contributed by atoms with van der Waals surface area (Å²) >= 11 is 0. The standard InChI is InChI=1S/C24H26F2N2O6/c1-32-17-4-2-15(3-5-17)13-28-21(30)7-6-18-20(12-19(25)22(26)23(18)28)33-14-34-24(31)27-10-8-16(29)9-11-27/h2-5,12,16,29H,6-11,13-14H2,1H3. The highest BCUT2D eigenvalue weighted by Gasteiger charge is 2.32. The molecule has 0 atom stereocenters. The molecule has 2 amide bonds. The number of nitrogens with zero attached hydrogens (tertiary/aromatic N) is 2. The van der Waals surface area contributed by atoms with Crippen LogP contribution in [0.15, 0.2) is 30.3 Å². The summed E-state index contributed by atoms with van der Waals surface area (Å²) < 4.78 is 45.1. The van der Waals surface area contributed by atoms with E-state index in [1.165, 1.54) is 16.9 Å². The normalized spacial score (nSPS) is 16.3. The molecule has 2 aromatic carbocycles. The number of carbonyl (C=O) groups excluding carboxylic acids is 2. The molecule has 4 rings (SSSR count). The Morgan fingerprint density at radius 1 is 1.15 bits per heavy atom. The summed E-state index contributed by atoms with van der Waals surface area (Å²) in [6.45, 7) is 0.277. The molecule has 0 spiro atoms. The summed E-state index contributed by atoms with van der Waals surface area (Å²) in [5.74, 6) is -1.98. The van der Waals surface area contributed by atoms with E-state index in [-0.39, 0.29) is 36.7 Å². The Hall–Kier alpha value is -3.40.